The highest BCUT2D eigenvalue weighted by atomic mass is 19.1. The number of nitrogens with zero attached hydrogens (tertiary/aromatic N) is 1. The molecule has 0 aromatic heterocycles. The molecule has 1 aromatic carbocycles. The molecule has 0 aliphatic carbocycles. The van der Waals surface area contributed by atoms with Crippen LogP contribution in [0.25, 0.3) is 0 Å². The van der Waals surface area contributed by atoms with Crippen LogP contribution in [0.5, 0.6) is 0 Å². The SMILES string of the molecule is CC(=O)N(C(C)C)C(C(=O)O)c1ccc(F)cc1. The zero-order valence-corrected chi connectivity index (χ0v) is 10.6. The van der Waals surface area contributed by atoms with Crippen molar-refractivity contribution in [2.24, 2.45) is 0 Å². The lowest BCUT2D eigenvalue weighted by Crippen LogP contribution is -2.42. The van der Waals surface area contributed by atoms with Gasteiger partial charge in [0.25, 0.3) is 0 Å². The largest absolute Gasteiger partial charge is 0.479 e. The molecule has 0 aliphatic rings. The first-order chi connectivity index (χ1) is 8.34. The average molecular weight is 253 g/mol. The molecule has 98 valence electrons. The van der Waals surface area contributed by atoms with E-state index < -0.39 is 17.8 Å². The van der Waals surface area contributed by atoms with Gasteiger partial charge in [0.1, 0.15) is 5.82 Å². The summed E-state index contributed by atoms with van der Waals surface area (Å²) in [6.45, 7) is 4.79. The normalized spacial score (nSPS) is 12.3. The Labute approximate surface area is 105 Å². The van der Waals surface area contributed by atoms with Gasteiger partial charge < -0.3 is 10.0 Å². The number of hydrogen-bond donors (Lipinski definition) is 1. The maximum Gasteiger partial charge on any atom is 0.331 e. The van der Waals surface area contributed by atoms with Crippen molar-refractivity contribution >= 4 is 11.9 Å². The van der Waals surface area contributed by atoms with Crippen LogP contribution in [0.15, 0.2) is 24.3 Å². The van der Waals surface area contributed by atoms with Gasteiger partial charge in [-0.1, -0.05) is 12.1 Å². The zero-order valence-electron chi connectivity index (χ0n) is 10.6. The number of benzene rings is 1. The Bertz CT molecular complexity index is 442. The van der Waals surface area contributed by atoms with E-state index in [-0.39, 0.29) is 11.9 Å². The van der Waals surface area contributed by atoms with Gasteiger partial charge in [0.05, 0.1) is 0 Å². The molecule has 5 heteroatoms. The Morgan fingerprint density at radius 3 is 2.06 bits per heavy atom. The minimum Gasteiger partial charge on any atom is -0.479 e. The van der Waals surface area contributed by atoms with E-state index in [1.165, 1.54) is 36.1 Å². The Hall–Kier alpha value is -1.91. The van der Waals surface area contributed by atoms with Gasteiger partial charge in [-0.3, -0.25) is 4.79 Å². The monoisotopic (exact) mass is 253 g/mol. The Morgan fingerprint density at radius 2 is 1.72 bits per heavy atom. The molecule has 18 heavy (non-hydrogen) atoms. The molecule has 1 aromatic rings. The predicted octanol–water partition coefficient (Wildman–Crippen LogP) is 2.21. The fraction of sp³-hybridized carbons (Fsp3) is 0.385. The molecular formula is C13H16FNO3. The molecule has 0 saturated heterocycles. The first kappa shape index (κ1) is 14.2. The van der Waals surface area contributed by atoms with E-state index in [1.807, 2.05) is 0 Å². The third kappa shape index (κ3) is 3.06. The van der Waals surface area contributed by atoms with Crippen molar-refractivity contribution in [3.63, 3.8) is 0 Å². The molecule has 1 rings (SSSR count). The first-order valence-electron chi connectivity index (χ1n) is 5.61. The smallest absolute Gasteiger partial charge is 0.331 e. The Kier molecular flexibility index (Phi) is 4.42. The number of carboxylic acid groups (broad SMARTS) is 1. The molecule has 0 heterocycles. The summed E-state index contributed by atoms with van der Waals surface area (Å²) in [5, 5.41) is 9.28. The zero-order chi connectivity index (χ0) is 13.9. The van der Waals surface area contributed by atoms with Gasteiger partial charge in [-0.2, -0.15) is 0 Å². The van der Waals surface area contributed by atoms with Crippen molar-refractivity contribution in [2.45, 2.75) is 32.9 Å². The van der Waals surface area contributed by atoms with Crippen molar-refractivity contribution in [1.29, 1.82) is 0 Å². The molecular weight excluding hydrogens is 237 g/mol. The van der Waals surface area contributed by atoms with Crippen LogP contribution in [-0.4, -0.2) is 27.9 Å². The summed E-state index contributed by atoms with van der Waals surface area (Å²) in [6, 6.07) is 3.78. The van der Waals surface area contributed by atoms with Crippen molar-refractivity contribution in [3.8, 4) is 0 Å². The maximum atomic E-state index is 12.8. The average Bonchev–Trinajstić information content (AvgIpc) is 2.25. The van der Waals surface area contributed by atoms with Crippen LogP contribution >= 0.6 is 0 Å². The number of hydrogen-bond acceptors (Lipinski definition) is 2. The molecule has 1 atom stereocenters. The molecule has 0 spiro atoms. The second-order valence-electron chi connectivity index (χ2n) is 4.31. The fourth-order valence-corrected chi connectivity index (χ4v) is 1.91. The summed E-state index contributed by atoms with van der Waals surface area (Å²) in [6.07, 6.45) is 0. The van der Waals surface area contributed by atoms with Crippen LogP contribution < -0.4 is 0 Å². The van der Waals surface area contributed by atoms with Gasteiger partial charge in [0.15, 0.2) is 6.04 Å². The molecule has 4 nitrogen and oxygen atoms in total. The van der Waals surface area contributed by atoms with E-state index in [1.54, 1.807) is 13.8 Å². The van der Waals surface area contributed by atoms with Crippen molar-refractivity contribution < 1.29 is 19.1 Å². The van der Waals surface area contributed by atoms with Crippen LogP contribution in [0.2, 0.25) is 0 Å². The van der Waals surface area contributed by atoms with Gasteiger partial charge in [-0.15, -0.1) is 0 Å². The van der Waals surface area contributed by atoms with Gasteiger partial charge in [-0.25, -0.2) is 9.18 Å². The number of amides is 1. The molecule has 0 fully saturated rings. The number of carboxylic acids is 1. The highest BCUT2D eigenvalue weighted by Gasteiger charge is 2.31. The number of rotatable bonds is 4. The van der Waals surface area contributed by atoms with Gasteiger partial charge in [-0.05, 0) is 31.5 Å². The standard InChI is InChI=1S/C13H16FNO3/c1-8(2)15(9(3)16)12(13(17)18)10-4-6-11(14)7-5-10/h4-8,12H,1-3H3,(H,17,18). The lowest BCUT2D eigenvalue weighted by Gasteiger charge is -2.31. The van der Waals surface area contributed by atoms with Crippen LogP contribution in [0.4, 0.5) is 4.39 Å². The maximum absolute atomic E-state index is 12.8. The van der Waals surface area contributed by atoms with Crippen LogP contribution in [0.3, 0.4) is 0 Å². The van der Waals surface area contributed by atoms with Crippen LogP contribution in [0.1, 0.15) is 32.4 Å². The minimum absolute atomic E-state index is 0.256. The third-order valence-electron chi connectivity index (χ3n) is 2.62. The topological polar surface area (TPSA) is 57.6 Å². The third-order valence-corrected chi connectivity index (χ3v) is 2.62. The first-order valence-corrected chi connectivity index (χ1v) is 5.61. The minimum atomic E-state index is -1.13. The molecule has 0 aliphatic heterocycles. The Balaban J connectivity index is 3.20. The quantitative estimate of drug-likeness (QED) is 0.895. The summed E-state index contributed by atoms with van der Waals surface area (Å²) in [5.41, 5.74) is 0.382. The molecule has 0 bridgehead atoms. The summed E-state index contributed by atoms with van der Waals surface area (Å²) < 4.78 is 12.8. The van der Waals surface area contributed by atoms with E-state index in [4.69, 9.17) is 0 Å². The highest BCUT2D eigenvalue weighted by molar-refractivity contribution is 5.83. The van der Waals surface area contributed by atoms with Gasteiger partial charge in [0, 0.05) is 13.0 Å². The molecule has 1 amide bonds. The van der Waals surface area contributed by atoms with Crippen LogP contribution in [0, 0.1) is 5.82 Å². The fourth-order valence-electron chi connectivity index (χ4n) is 1.91. The van der Waals surface area contributed by atoms with E-state index in [2.05, 4.69) is 0 Å². The lowest BCUT2D eigenvalue weighted by atomic mass is 10.0. The second-order valence-corrected chi connectivity index (χ2v) is 4.31. The summed E-state index contributed by atoms with van der Waals surface area (Å²) in [4.78, 5) is 24.2. The van der Waals surface area contributed by atoms with Crippen molar-refractivity contribution in [1.82, 2.24) is 4.90 Å². The van der Waals surface area contributed by atoms with E-state index in [9.17, 15) is 19.1 Å². The number of carbonyl (C=O) groups excluding carboxylic acids is 1. The summed E-state index contributed by atoms with van der Waals surface area (Å²) >= 11 is 0. The summed E-state index contributed by atoms with van der Waals surface area (Å²) in [7, 11) is 0. The van der Waals surface area contributed by atoms with Crippen LogP contribution in [-0.2, 0) is 9.59 Å². The van der Waals surface area contributed by atoms with E-state index >= 15 is 0 Å². The second kappa shape index (κ2) is 5.62. The van der Waals surface area contributed by atoms with Crippen molar-refractivity contribution in [2.75, 3.05) is 0 Å². The number of carbonyl (C=O) groups is 2. The predicted molar refractivity (Wildman–Crippen MR) is 64.4 cm³/mol. The van der Waals surface area contributed by atoms with Crippen molar-refractivity contribution in [3.05, 3.63) is 35.6 Å². The number of halogens is 1. The Morgan fingerprint density at radius 1 is 1.22 bits per heavy atom. The highest BCUT2D eigenvalue weighted by Crippen LogP contribution is 2.24. The lowest BCUT2D eigenvalue weighted by molar-refractivity contribution is -0.151. The van der Waals surface area contributed by atoms with E-state index in [0.717, 1.165) is 0 Å². The van der Waals surface area contributed by atoms with E-state index in [0.29, 0.717) is 5.56 Å². The summed E-state index contributed by atoms with van der Waals surface area (Å²) in [5.74, 6) is -1.91. The number of aliphatic carboxylic acids is 1. The van der Waals surface area contributed by atoms with Gasteiger partial charge in [0.2, 0.25) is 5.91 Å². The van der Waals surface area contributed by atoms with Gasteiger partial charge >= 0.3 is 5.97 Å². The molecule has 1 unspecified atom stereocenters. The molecule has 0 radical (unpaired) electrons. The molecule has 1 N–H and O–H groups in total. The molecule has 0 saturated carbocycles.